The van der Waals surface area contributed by atoms with Gasteiger partial charge < -0.3 is 9.47 Å². The van der Waals surface area contributed by atoms with Crippen molar-refractivity contribution in [3.63, 3.8) is 0 Å². The number of carbonyl (C=O) groups excluding carboxylic acids is 1. The molecule has 2 aromatic rings. The van der Waals surface area contributed by atoms with Crippen molar-refractivity contribution in [2.24, 2.45) is 0 Å². The molecule has 0 unspecified atom stereocenters. The third kappa shape index (κ3) is 3.21. The zero-order valence-electron chi connectivity index (χ0n) is 14.7. The minimum absolute atomic E-state index is 0.141. The Morgan fingerprint density at radius 2 is 1.84 bits per heavy atom. The lowest BCUT2D eigenvalue weighted by Gasteiger charge is -2.21. The molecule has 1 aromatic carbocycles. The molecule has 6 nitrogen and oxygen atoms in total. The van der Waals surface area contributed by atoms with E-state index in [1.807, 2.05) is 27.8 Å². The van der Waals surface area contributed by atoms with Crippen molar-refractivity contribution < 1.29 is 14.3 Å². The number of hydrogen-bond acceptors (Lipinski definition) is 4. The zero-order valence-corrected chi connectivity index (χ0v) is 14.7. The molecular formula is C19H23N3O3. The second-order valence-electron chi connectivity index (χ2n) is 6.73. The topological polar surface area (TPSA) is 56.6 Å². The fourth-order valence-electron chi connectivity index (χ4n) is 3.34. The Morgan fingerprint density at radius 1 is 1.12 bits per heavy atom. The number of amides is 1. The Hall–Kier alpha value is -2.50. The predicted octanol–water partition coefficient (Wildman–Crippen LogP) is 3.10. The highest BCUT2D eigenvalue weighted by molar-refractivity contribution is 5.93. The number of aromatic nitrogens is 2. The van der Waals surface area contributed by atoms with Gasteiger partial charge in [0, 0.05) is 31.0 Å². The Morgan fingerprint density at radius 3 is 2.48 bits per heavy atom. The van der Waals surface area contributed by atoms with E-state index in [4.69, 9.17) is 14.6 Å². The average Bonchev–Trinajstić information content (AvgIpc) is 3.41. The van der Waals surface area contributed by atoms with Crippen LogP contribution in [-0.2, 0) is 17.9 Å². The Balaban J connectivity index is 1.68. The molecule has 6 heteroatoms. The first-order valence-electron chi connectivity index (χ1n) is 8.78. The molecule has 0 saturated heterocycles. The van der Waals surface area contributed by atoms with Crippen LogP contribution in [0.3, 0.4) is 0 Å². The van der Waals surface area contributed by atoms with E-state index in [-0.39, 0.29) is 5.91 Å². The van der Waals surface area contributed by atoms with Crippen molar-refractivity contribution in [3.8, 4) is 11.5 Å². The molecule has 1 fully saturated rings. The highest BCUT2D eigenvalue weighted by Gasteiger charge is 2.31. The van der Waals surface area contributed by atoms with Gasteiger partial charge in [0.2, 0.25) is 5.91 Å². The highest BCUT2D eigenvalue weighted by Crippen LogP contribution is 2.41. The number of benzene rings is 1. The number of hydrogen-bond donors (Lipinski definition) is 0. The van der Waals surface area contributed by atoms with E-state index >= 15 is 0 Å². The fraction of sp³-hybridized carbons (Fsp3) is 0.474. The van der Waals surface area contributed by atoms with Crippen LogP contribution in [0, 0.1) is 0 Å². The lowest BCUT2D eigenvalue weighted by atomic mass is 10.1. The van der Waals surface area contributed by atoms with Gasteiger partial charge in [0.1, 0.15) is 17.3 Å². The van der Waals surface area contributed by atoms with Gasteiger partial charge in [0.05, 0.1) is 26.5 Å². The lowest BCUT2D eigenvalue weighted by Crippen LogP contribution is -2.30. The van der Waals surface area contributed by atoms with Gasteiger partial charge in [-0.2, -0.15) is 5.10 Å². The molecule has 1 saturated carbocycles. The number of anilines is 1. The van der Waals surface area contributed by atoms with E-state index in [0.717, 1.165) is 41.5 Å². The number of carbonyl (C=O) groups is 1. The van der Waals surface area contributed by atoms with E-state index in [9.17, 15) is 4.79 Å². The maximum Gasteiger partial charge on any atom is 0.228 e. The summed E-state index contributed by atoms with van der Waals surface area (Å²) < 4.78 is 12.7. The number of rotatable bonds is 5. The fourth-order valence-corrected chi connectivity index (χ4v) is 3.34. The summed E-state index contributed by atoms with van der Waals surface area (Å²) in [6.07, 6.45) is 3.79. The smallest absolute Gasteiger partial charge is 0.228 e. The Bertz CT molecular complexity index is 773. The second kappa shape index (κ2) is 6.43. The minimum Gasteiger partial charge on any atom is -0.497 e. The molecule has 25 heavy (non-hydrogen) atoms. The average molecular weight is 341 g/mol. The van der Waals surface area contributed by atoms with Crippen molar-refractivity contribution in [2.45, 2.75) is 44.7 Å². The molecular weight excluding hydrogens is 318 g/mol. The van der Waals surface area contributed by atoms with E-state index in [2.05, 4.69) is 6.07 Å². The minimum atomic E-state index is 0.141. The van der Waals surface area contributed by atoms with Gasteiger partial charge in [-0.25, -0.2) is 4.68 Å². The van der Waals surface area contributed by atoms with Gasteiger partial charge in [0.25, 0.3) is 0 Å². The molecule has 1 aliphatic heterocycles. The van der Waals surface area contributed by atoms with Crippen molar-refractivity contribution in [1.82, 2.24) is 9.78 Å². The molecule has 2 heterocycles. The molecule has 1 amide bonds. The van der Waals surface area contributed by atoms with Gasteiger partial charge in [-0.3, -0.25) is 9.69 Å². The second-order valence-corrected chi connectivity index (χ2v) is 6.73. The van der Waals surface area contributed by atoms with Crippen LogP contribution >= 0.6 is 0 Å². The number of fused-ring (bicyclic) bond motifs is 1. The first-order chi connectivity index (χ1) is 12.2. The van der Waals surface area contributed by atoms with Crippen LogP contribution in [0.1, 0.15) is 42.9 Å². The van der Waals surface area contributed by atoms with Crippen molar-refractivity contribution in [3.05, 3.63) is 35.5 Å². The van der Waals surface area contributed by atoms with E-state index < -0.39 is 0 Å². The molecule has 0 N–H and O–H groups in total. The summed E-state index contributed by atoms with van der Waals surface area (Å²) in [5.74, 6) is 3.08. The summed E-state index contributed by atoms with van der Waals surface area (Å²) >= 11 is 0. The maximum absolute atomic E-state index is 12.7. The molecule has 0 atom stereocenters. The van der Waals surface area contributed by atoms with Crippen LogP contribution in [0.5, 0.6) is 11.5 Å². The van der Waals surface area contributed by atoms with Crippen LogP contribution in [0.4, 0.5) is 5.82 Å². The number of nitrogens with zero attached hydrogens (tertiary/aromatic N) is 3. The van der Waals surface area contributed by atoms with Crippen molar-refractivity contribution in [2.75, 3.05) is 19.1 Å². The largest absolute Gasteiger partial charge is 0.497 e. The lowest BCUT2D eigenvalue weighted by molar-refractivity contribution is -0.118. The molecule has 0 radical (unpaired) electrons. The Kier molecular flexibility index (Phi) is 4.11. The summed E-state index contributed by atoms with van der Waals surface area (Å²) in [4.78, 5) is 14.6. The van der Waals surface area contributed by atoms with Gasteiger partial charge in [-0.1, -0.05) is 0 Å². The van der Waals surface area contributed by atoms with Crippen LogP contribution in [0.2, 0.25) is 0 Å². The number of ether oxygens (including phenoxy) is 2. The van der Waals surface area contributed by atoms with E-state index in [1.54, 1.807) is 14.2 Å². The molecule has 132 valence electrons. The van der Waals surface area contributed by atoms with E-state index in [0.29, 0.717) is 18.9 Å². The van der Waals surface area contributed by atoms with Crippen LogP contribution < -0.4 is 14.4 Å². The van der Waals surface area contributed by atoms with Crippen LogP contribution in [0.15, 0.2) is 24.3 Å². The highest BCUT2D eigenvalue weighted by atomic mass is 16.5. The summed E-state index contributed by atoms with van der Waals surface area (Å²) in [7, 11) is 3.26. The summed E-state index contributed by atoms with van der Waals surface area (Å²) in [5.41, 5.74) is 2.10. The quantitative estimate of drug-likeness (QED) is 0.838. The Labute approximate surface area is 147 Å². The molecule has 0 bridgehead atoms. The number of aryl methyl sites for hydroxylation is 1. The monoisotopic (exact) mass is 341 g/mol. The SMILES string of the molecule is COc1cc(CN2C(=O)CCCn3nc(C4CC4)cc32)cc(OC)c1. The first-order valence-corrected chi connectivity index (χ1v) is 8.78. The third-order valence-corrected chi connectivity index (χ3v) is 4.86. The number of methoxy groups -OCH3 is 2. The predicted molar refractivity (Wildman–Crippen MR) is 94.2 cm³/mol. The summed E-state index contributed by atoms with van der Waals surface area (Å²) in [6.45, 7) is 1.29. The molecule has 2 aliphatic rings. The van der Waals surface area contributed by atoms with Gasteiger partial charge in [0.15, 0.2) is 0 Å². The summed E-state index contributed by atoms with van der Waals surface area (Å²) in [5, 5.41) is 4.74. The van der Waals surface area contributed by atoms with Gasteiger partial charge in [-0.15, -0.1) is 0 Å². The molecule has 0 spiro atoms. The molecule has 1 aliphatic carbocycles. The van der Waals surface area contributed by atoms with Crippen LogP contribution in [0.25, 0.3) is 0 Å². The van der Waals surface area contributed by atoms with Crippen molar-refractivity contribution in [1.29, 1.82) is 0 Å². The van der Waals surface area contributed by atoms with Gasteiger partial charge >= 0.3 is 0 Å². The van der Waals surface area contributed by atoms with E-state index in [1.165, 1.54) is 12.8 Å². The zero-order chi connectivity index (χ0) is 17.4. The van der Waals surface area contributed by atoms with Crippen LogP contribution in [-0.4, -0.2) is 29.9 Å². The normalized spacial score (nSPS) is 17.2. The maximum atomic E-state index is 12.7. The standard InChI is InChI=1S/C19H23N3O3/c1-24-15-8-13(9-16(10-15)25-2)12-21-18-11-17(14-5-6-14)20-22(18)7-3-4-19(21)23/h8-11,14H,3-7,12H2,1-2H3. The summed E-state index contributed by atoms with van der Waals surface area (Å²) in [6, 6.07) is 7.83. The molecule has 4 rings (SSSR count). The molecule has 1 aromatic heterocycles. The third-order valence-electron chi connectivity index (χ3n) is 4.86. The van der Waals surface area contributed by atoms with Crippen molar-refractivity contribution >= 4 is 11.7 Å². The first kappa shape index (κ1) is 16.0. The van der Waals surface area contributed by atoms with Gasteiger partial charge in [-0.05, 0) is 37.0 Å².